The summed E-state index contributed by atoms with van der Waals surface area (Å²) in [7, 11) is 0. The van der Waals surface area contributed by atoms with Gasteiger partial charge in [0.05, 0.1) is 22.2 Å². The fourth-order valence-corrected chi connectivity index (χ4v) is 8.03. The van der Waals surface area contributed by atoms with E-state index in [1.54, 1.807) is 6.07 Å². The van der Waals surface area contributed by atoms with Crippen molar-refractivity contribution in [3.63, 3.8) is 0 Å². The molecule has 0 aliphatic heterocycles. The summed E-state index contributed by atoms with van der Waals surface area (Å²) >= 11 is 1.43. The fourth-order valence-electron chi connectivity index (χ4n) is 6.90. The lowest BCUT2D eigenvalue weighted by atomic mass is 9.98. The van der Waals surface area contributed by atoms with E-state index >= 15 is 0 Å². The van der Waals surface area contributed by atoms with E-state index in [0.717, 1.165) is 60.0 Å². The number of aromatic nitrogens is 4. The van der Waals surface area contributed by atoms with E-state index in [2.05, 4.69) is 53.1 Å². The van der Waals surface area contributed by atoms with Crippen LogP contribution in [0.2, 0.25) is 0 Å². The van der Waals surface area contributed by atoms with Crippen molar-refractivity contribution in [2.45, 2.75) is 0 Å². The van der Waals surface area contributed by atoms with Gasteiger partial charge in [0, 0.05) is 58.8 Å². The first-order valence-corrected chi connectivity index (χ1v) is 17.2. The molecule has 0 fully saturated rings. The van der Waals surface area contributed by atoms with Crippen molar-refractivity contribution >= 4 is 53.3 Å². The van der Waals surface area contributed by atoms with Gasteiger partial charge in [0.2, 0.25) is 0 Å². The van der Waals surface area contributed by atoms with Crippen LogP contribution in [0.4, 0.5) is 0 Å². The fraction of sp³-hybridized carbons (Fsp3) is 0. The number of rotatable bonds is 5. The molecule has 0 aliphatic carbocycles. The Bertz CT molecular complexity index is 2990. The standard InChI is InChI=1S/C45H28N4S/c1-3-14-29(15-4-1)43-46-44(30-16-5-2-6-17-30)48-45(47-43)31-26-27-40(49-38-23-10-7-18-32(38)33-19-8-11-24-39(33)49)37(28-31)36-22-13-21-35-34-20-9-12-25-41(34)50-42(35)36/h1-28H/i9D,13D,20D,25D. The monoisotopic (exact) mass is 660 g/mol. The van der Waals surface area contributed by atoms with Gasteiger partial charge >= 0.3 is 0 Å². The normalized spacial score (nSPS) is 12.7. The molecule has 3 heterocycles. The zero-order valence-electron chi connectivity index (χ0n) is 30.6. The first-order chi connectivity index (χ1) is 26.4. The lowest BCUT2D eigenvalue weighted by Crippen LogP contribution is -2.02. The molecule has 4 nitrogen and oxygen atoms in total. The zero-order valence-corrected chi connectivity index (χ0v) is 27.4. The van der Waals surface area contributed by atoms with Gasteiger partial charge < -0.3 is 4.57 Å². The highest BCUT2D eigenvalue weighted by molar-refractivity contribution is 7.26. The predicted octanol–water partition coefficient (Wildman–Crippen LogP) is 12.0. The third-order valence-electron chi connectivity index (χ3n) is 9.18. The van der Waals surface area contributed by atoms with Crippen LogP contribution in [0, 0.1) is 0 Å². The number of fused-ring (bicyclic) bond motifs is 6. The van der Waals surface area contributed by atoms with E-state index in [0.29, 0.717) is 32.9 Å². The van der Waals surface area contributed by atoms with Crippen LogP contribution in [0.1, 0.15) is 5.48 Å². The van der Waals surface area contributed by atoms with E-state index in [9.17, 15) is 0 Å². The summed E-state index contributed by atoms with van der Waals surface area (Å²) in [5.41, 5.74) is 7.15. The second kappa shape index (κ2) is 11.6. The molecule has 0 spiro atoms. The summed E-state index contributed by atoms with van der Waals surface area (Å²) < 4.78 is 38.8. The molecule has 10 rings (SSSR count). The van der Waals surface area contributed by atoms with Crippen molar-refractivity contribution in [1.82, 2.24) is 19.5 Å². The van der Waals surface area contributed by atoms with Crippen LogP contribution in [0.5, 0.6) is 0 Å². The number of hydrogen-bond acceptors (Lipinski definition) is 4. The molecule has 0 saturated carbocycles. The Labute approximate surface area is 298 Å². The van der Waals surface area contributed by atoms with Gasteiger partial charge in [-0.1, -0.05) is 133 Å². The summed E-state index contributed by atoms with van der Waals surface area (Å²) in [6.45, 7) is 0. The molecule has 50 heavy (non-hydrogen) atoms. The second-order valence-corrected chi connectivity index (χ2v) is 13.1. The van der Waals surface area contributed by atoms with E-state index in [-0.39, 0.29) is 24.2 Å². The van der Waals surface area contributed by atoms with Crippen LogP contribution in [0.3, 0.4) is 0 Å². The Kier molecular flexibility index (Phi) is 5.73. The molecule has 7 aromatic carbocycles. The van der Waals surface area contributed by atoms with Crippen molar-refractivity contribution < 1.29 is 5.48 Å². The summed E-state index contributed by atoms with van der Waals surface area (Å²) in [6.07, 6.45) is 0. The maximum atomic E-state index is 9.04. The molecular weight excluding hydrogens is 629 g/mol. The van der Waals surface area contributed by atoms with Crippen LogP contribution in [-0.2, 0) is 0 Å². The third kappa shape index (κ3) is 4.63. The van der Waals surface area contributed by atoms with Crippen LogP contribution in [0.15, 0.2) is 170 Å². The van der Waals surface area contributed by atoms with Gasteiger partial charge in [-0.3, -0.25) is 0 Å². The topological polar surface area (TPSA) is 43.6 Å². The highest BCUT2D eigenvalue weighted by Crippen LogP contribution is 2.44. The van der Waals surface area contributed by atoms with Crippen molar-refractivity contribution in [3.05, 3.63) is 170 Å². The summed E-state index contributed by atoms with van der Waals surface area (Å²) in [5, 5.41) is 3.49. The van der Waals surface area contributed by atoms with E-state index in [1.165, 1.54) is 17.4 Å². The van der Waals surface area contributed by atoms with Gasteiger partial charge in [-0.05, 0) is 36.4 Å². The largest absolute Gasteiger partial charge is 0.309 e. The van der Waals surface area contributed by atoms with Crippen molar-refractivity contribution in [2.75, 3.05) is 0 Å². The minimum absolute atomic E-state index is 0.00428. The van der Waals surface area contributed by atoms with Gasteiger partial charge in [-0.2, -0.15) is 0 Å². The molecular formula is C45H28N4S. The Morgan fingerprint density at radius 3 is 1.72 bits per heavy atom. The quantitative estimate of drug-likeness (QED) is 0.184. The smallest absolute Gasteiger partial charge is 0.164 e. The summed E-state index contributed by atoms with van der Waals surface area (Å²) in [5.74, 6) is 1.63. The summed E-state index contributed by atoms with van der Waals surface area (Å²) in [4.78, 5) is 15.0. The molecule has 5 heteroatoms. The number of benzene rings is 7. The Morgan fingerprint density at radius 1 is 0.460 bits per heavy atom. The van der Waals surface area contributed by atoms with Crippen molar-refractivity contribution in [2.24, 2.45) is 0 Å². The van der Waals surface area contributed by atoms with Crippen LogP contribution in [-0.4, -0.2) is 19.5 Å². The van der Waals surface area contributed by atoms with Crippen LogP contribution < -0.4 is 0 Å². The van der Waals surface area contributed by atoms with Gasteiger partial charge in [-0.25, -0.2) is 15.0 Å². The Balaban J connectivity index is 1.31. The molecule has 0 N–H and O–H groups in total. The minimum atomic E-state index is -0.00428. The first-order valence-electron chi connectivity index (χ1n) is 18.4. The molecule has 0 bridgehead atoms. The van der Waals surface area contributed by atoms with Gasteiger partial charge in [0.1, 0.15) is 0 Å². The maximum absolute atomic E-state index is 9.04. The molecule has 234 valence electrons. The van der Waals surface area contributed by atoms with E-state index in [1.807, 2.05) is 84.9 Å². The minimum Gasteiger partial charge on any atom is -0.309 e. The maximum Gasteiger partial charge on any atom is 0.164 e. The molecule has 0 amide bonds. The first kappa shape index (κ1) is 24.7. The predicted molar refractivity (Wildman–Crippen MR) is 209 cm³/mol. The van der Waals surface area contributed by atoms with Gasteiger partial charge in [0.15, 0.2) is 17.5 Å². The van der Waals surface area contributed by atoms with Crippen molar-refractivity contribution in [1.29, 1.82) is 0 Å². The molecule has 10 aromatic rings. The van der Waals surface area contributed by atoms with E-state index < -0.39 is 0 Å². The number of nitrogens with zero attached hydrogens (tertiary/aromatic N) is 4. The highest BCUT2D eigenvalue weighted by atomic mass is 32.1. The molecule has 3 aromatic heterocycles. The number of hydrogen-bond donors (Lipinski definition) is 0. The Morgan fingerprint density at radius 2 is 1.06 bits per heavy atom. The average Bonchev–Trinajstić information content (AvgIpc) is 3.77. The molecule has 0 atom stereocenters. The lowest BCUT2D eigenvalue weighted by molar-refractivity contribution is 1.07. The summed E-state index contributed by atoms with van der Waals surface area (Å²) in [6, 6.07) is 48.3. The van der Waals surface area contributed by atoms with Crippen LogP contribution >= 0.6 is 11.3 Å². The average molecular weight is 661 g/mol. The molecule has 0 aliphatic rings. The number of thiophene rings is 1. The second-order valence-electron chi connectivity index (χ2n) is 12.1. The lowest BCUT2D eigenvalue weighted by Gasteiger charge is -2.17. The molecule has 0 unspecified atom stereocenters. The SMILES string of the molecule is [2H]c1cc(-c2cc(-c3nc(-c4ccccc4)nc(-c4ccccc4)n3)ccc2-n2c3ccccc3c3ccccc32)c2sc3c([2H])cc([2H])c([2H])c3c2c1. The Hall–Kier alpha value is -6.43. The van der Waals surface area contributed by atoms with Crippen molar-refractivity contribution in [3.8, 4) is 51.0 Å². The van der Waals surface area contributed by atoms with E-state index in [4.69, 9.17) is 20.4 Å². The third-order valence-corrected chi connectivity index (χ3v) is 10.4. The van der Waals surface area contributed by atoms with Crippen LogP contribution in [0.25, 0.3) is 93.0 Å². The molecule has 0 radical (unpaired) electrons. The number of para-hydroxylation sites is 2. The molecule has 0 saturated heterocycles. The highest BCUT2D eigenvalue weighted by Gasteiger charge is 2.20. The van der Waals surface area contributed by atoms with Gasteiger partial charge in [0.25, 0.3) is 0 Å². The van der Waals surface area contributed by atoms with Gasteiger partial charge in [-0.15, -0.1) is 11.3 Å². The zero-order chi connectivity index (χ0) is 36.5.